The van der Waals surface area contributed by atoms with Crippen LogP contribution in [0, 0.1) is 6.92 Å². The zero-order valence-electron chi connectivity index (χ0n) is 9.94. The van der Waals surface area contributed by atoms with Crippen LogP contribution in [-0.2, 0) is 19.4 Å². The number of benzene rings is 1. The van der Waals surface area contributed by atoms with Crippen LogP contribution in [0.5, 0.6) is 0 Å². The van der Waals surface area contributed by atoms with E-state index in [0.717, 1.165) is 24.4 Å². The topological polar surface area (TPSA) is 24.9 Å². The summed E-state index contributed by atoms with van der Waals surface area (Å²) in [6, 6.07) is 9.32. The van der Waals surface area contributed by atoms with E-state index >= 15 is 0 Å². The third-order valence-corrected chi connectivity index (χ3v) is 4.11. The molecule has 0 bridgehead atoms. The molecule has 0 radical (unpaired) electrons. The summed E-state index contributed by atoms with van der Waals surface area (Å²) in [5, 5.41) is 6.90. The quantitative estimate of drug-likeness (QED) is 0.898. The van der Waals surface area contributed by atoms with Gasteiger partial charge in [0.25, 0.3) is 0 Å². The minimum atomic E-state index is 0.578. The van der Waals surface area contributed by atoms with E-state index in [0.29, 0.717) is 6.04 Å². The van der Waals surface area contributed by atoms with Gasteiger partial charge in [-0.15, -0.1) is 11.3 Å². The average molecular weight is 244 g/mol. The summed E-state index contributed by atoms with van der Waals surface area (Å²) in [4.78, 5) is 4.48. The first-order chi connectivity index (χ1) is 8.31. The van der Waals surface area contributed by atoms with Gasteiger partial charge in [0.2, 0.25) is 0 Å². The SMILES string of the molecule is Cc1nc(CNC2Cc3ccccc3C2)cs1. The van der Waals surface area contributed by atoms with Crippen molar-refractivity contribution >= 4 is 11.3 Å². The van der Waals surface area contributed by atoms with Crippen LogP contribution in [0.3, 0.4) is 0 Å². The van der Waals surface area contributed by atoms with Crippen molar-refractivity contribution in [2.45, 2.75) is 32.4 Å². The molecule has 0 amide bonds. The van der Waals surface area contributed by atoms with E-state index in [9.17, 15) is 0 Å². The van der Waals surface area contributed by atoms with Gasteiger partial charge in [-0.1, -0.05) is 24.3 Å². The molecular weight excluding hydrogens is 228 g/mol. The van der Waals surface area contributed by atoms with Crippen LogP contribution in [0.1, 0.15) is 21.8 Å². The number of fused-ring (bicyclic) bond motifs is 1. The minimum Gasteiger partial charge on any atom is -0.308 e. The molecule has 1 heterocycles. The summed E-state index contributed by atoms with van der Waals surface area (Å²) in [6.07, 6.45) is 2.30. The lowest BCUT2D eigenvalue weighted by Gasteiger charge is -2.10. The standard InChI is InChI=1S/C14H16N2S/c1-10-16-14(9-17-10)8-15-13-6-11-4-2-3-5-12(11)7-13/h2-5,9,13,15H,6-8H2,1H3. The van der Waals surface area contributed by atoms with Crippen molar-refractivity contribution in [2.24, 2.45) is 0 Å². The Labute approximate surface area is 106 Å². The molecule has 1 aliphatic rings. The van der Waals surface area contributed by atoms with Gasteiger partial charge in [-0.05, 0) is 30.9 Å². The van der Waals surface area contributed by atoms with Gasteiger partial charge in [-0.3, -0.25) is 0 Å². The number of hydrogen-bond donors (Lipinski definition) is 1. The predicted octanol–water partition coefficient (Wildman–Crippen LogP) is 2.71. The average Bonchev–Trinajstić information content (AvgIpc) is 2.91. The van der Waals surface area contributed by atoms with Crippen molar-refractivity contribution in [1.29, 1.82) is 0 Å². The zero-order chi connectivity index (χ0) is 11.7. The van der Waals surface area contributed by atoms with Crippen molar-refractivity contribution < 1.29 is 0 Å². The first-order valence-corrected chi connectivity index (χ1v) is 6.90. The monoisotopic (exact) mass is 244 g/mol. The third kappa shape index (κ3) is 2.40. The van der Waals surface area contributed by atoms with Gasteiger partial charge in [0, 0.05) is 18.0 Å². The highest BCUT2D eigenvalue weighted by Gasteiger charge is 2.20. The van der Waals surface area contributed by atoms with Gasteiger partial charge >= 0.3 is 0 Å². The Hall–Kier alpha value is -1.19. The second-order valence-electron chi connectivity index (χ2n) is 4.61. The Morgan fingerprint density at radius 1 is 1.29 bits per heavy atom. The minimum absolute atomic E-state index is 0.578. The molecule has 88 valence electrons. The summed E-state index contributed by atoms with van der Waals surface area (Å²) >= 11 is 1.72. The molecule has 0 spiro atoms. The summed E-state index contributed by atoms with van der Waals surface area (Å²) < 4.78 is 0. The lowest BCUT2D eigenvalue weighted by Crippen LogP contribution is -2.29. The molecule has 2 nitrogen and oxygen atoms in total. The number of aromatic nitrogens is 1. The number of hydrogen-bond acceptors (Lipinski definition) is 3. The third-order valence-electron chi connectivity index (χ3n) is 3.29. The largest absolute Gasteiger partial charge is 0.308 e. The second kappa shape index (κ2) is 4.59. The fourth-order valence-electron chi connectivity index (χ4n) is 2.44. The van der Waals surface area contributed by atoms with Crippen LogP contribution in [0.25, 0.3) is 0 Å². The lowest BCUT2D eigenvalue weighted by atomic mass is 10.1. The molecule has 3 rings (SSSR count). The van der Waals surface area contributed by atoms with Crippen LogP contribution < -0.4 is 5.32 Å². The van der Waals surface area contributed by atoms with Crippen LogP contribution in [-0.4, -0.2) is 11.0 Å². The smallest absolute Gasteiger partial charge is 0.0897 e. The number of nitrogens with zero attached hydrogens (tertiary/aromatic N) is 1. The van der Waals surface area contributed by atoms with Gasteiger partial charge in [0.15, 0.2) is 0 Å². The van der Waals surface area contributed by atoms with E-state index in [1.165, 1.54) is 16.8 Å². The second-order valence-corrected chi connectivity index (χ2v) is 5.67. The van der Waals surface area contributed by atoms with Crippen LogP contribution in [0.4, 0.5) is 0 Å². The van der Waals surface area contributed by atoms with E-state index < -0.39 is 0 Å². The van der Waals surface area contributed by atoms with E-state index in [1.54, 1.807) is 11.3 Å². The summed E-state index contributed by atoms with van der Waals surface area (Å²) in [6.45, 7) is 2.95. The highest BCUT2D eigenvalue weighted by molar-refractivity contribution is 7.09. The van der Waals surface area contributed by atoms with Crippen molar-refractivity contribution in [3.8, 4) is 0 Å². The first-order valence-electron chi connectivity index (χ1n) is 6.02. The number of aryl methyl sites for hydroxylation is 1. The normalized spacial score (nSPS) is 15.1. The van der Waals surface area contributed by atoms with Crippen molar-refractivity contribution in [2.75, 3.05) is 0 Å². The molecular formula is C14H16N2S. The predicted molar refractivity (Wildman–Crippen MR) is 71.3 cm³/mol. The number of rotatable bonds is 3. The maximum atomic E-state index is 4.48. The molecule has 0 unspecified atom stereocenters. The Morgan fingerprint density at radius 2 is 2.00 bits per heavy atom. The Morgan fingerprint density at radius 3 is 2.59 bits per heavy atom. The fraction of sp³-hybridized carbons (Fsp3) is 0.357. The molecule has 0 aliphatic heterocycles. The van der Waals surface area contributed by atoms with Gasteiger partial charge < -0.3 is 5.32 Å². The van der Waals surface area contributed by atoms with Gasteiger partial charge in [0.05, 0.1) is 10.7 Å². The molecule has 1 aliphatic carbocycles. The first kappa shape index (κ1) is 10.9. The highest BCUT2D eigenvalue weighted by Crippen LogP contribution is 2.21. The van der Waals surface area contributed by atoms with E-state index in [4.69, 9.17) is 0 Å². The maximum Gasteiger partial charge on any atom is 0.0897 e. The Balaban J connectivity index is 1.59. The zero-order valence-corrected chi connectivity index (χ0v) is 10.8. The molecule has 0 atom stereocenters. The van der Waals surface area contributed by atoms with Gasteiger partial charge in [0.1, 0.15) is 0 Å². The molecule has 17 heavy (non-hydrogen) atoms. The van der Waals surface area contributed by atoms with Crippen molar-refractivity contribution in [3.05, 3.63) is 51.5 Å². The fourth-order valence-corrected chi connectivity index (χ4v) is 3.05. The lowest BCUT2D eigenvalue weighted by molar-refractivity contribution is 0.528. The van der Waals surface area contributed by atoms with Crippen molar-refractivity contribution in [1.82, 2.24) is 10.3 Å². The molecule has 1 aromatic carbocycles. The Bertz CT molecular complexity index is 493. The maximum absolute atomic E-state index is 4.48. The van der Waals surface area contributed by atoms with Crippen LogP contribution in [0.15, 0.2) is 29.6 Å². The molecule has 2 aromatic rings. The van der Waals surface area contributed by atoms with Crippen molar-refractivity contribution in [3.63, 3.8) is 0 Å². The number of thiazole rings is 1. The molecule has 3 heteroatoms. The van der Waals surface area contributed by atoms with Crippen LogP contribution >= 0.6 is 11.3 Å². The molecule has 1 N–H and O–H groups in total. The van der Waals surface area contributed by atoms with Gasteiger partial charge in [-0.2, -0.15) is 0 Å². The molecule has 1 aromatic heterocycles. The van der Waals surface area contributed by atoms with E-state index in [1.807, 2.05) is 0 Å². The van der Waals surface area contributed by atoms with E-state index in [2.05, 4.69) is 46.9 Å². The number of nitrogens with one attached hydrogen (secondary N) is 1. The molecule has 0 saturated heterocycles. The highest BCUT2D eigenvalue weighted by atomic mass is 32.1. The van der Waals surface area contributed by atoms with E-state index in [-0.39, 0.29) is 0 Å². The van der Waals surface area contributed by atoms with Gasteiger partial charge in [-0.25, -0.2) is 4.98 Å². The summed E-state index contributed by atoms with van der Waals surface area (Å²) in [7, 11) is 0. The molecule has 0 fully saturated rings. The summed E-state index contributed by atoms with van der Waals surface area (Å²) in [5.41, 5.74) is 4.17. The summed E-state index contributed by atoms with van der Waals surface area (Å²) in [5.74, 6) is 0. The van der Waals surface area contributed by atoms with Crippen LogP contribution in [0.2, 0.25) is 0 Å². The molecule has 0 saturated carbocycles. The Kier molecular flexibility index (Phi) is 2.95.